The van der Waals surface area contributed by atoms with Crippen LogP contribution < -0.4 is 10.2 Å². The van der Waals surface area contributed by atoms with Crippen LogP contribution in [0.15, 0.2) is 18.2 Å². The standard InChI is InChI=1S/C17H29ClN2/c1-6-10-19-14(5)16-9-8-15(11-17(16)18)20(7-2)12-13(3)4/h8-9,11,13-14,19H,6-7,10,12H2,1-5H3. The summed E-state index contributed by atoms with van der Waals surface area (Å²) in [5.74, 6) is 0.651. The van der Waals surface area contributed by atoms with Crippen molar-refractivity contribution < 1.29 is 0 Å². The van der Waals surface area contributed by atoms with Crippen molar-refractivity contribution in [2.45, 2.75) is 47.1 Å². The molecule has 1 aromatic rings. The summed E-state index contributed by atoms with van der Waals surface area (Å²) in [6.45, 7) is 14.1. The van der Waals surface area contributed by atoms with E-state index in [0.29, 0.717) is 12.0 Å². The van der Waals surface area contributed by atoms with Gasteiger partial charge >= 0.3 is 0 Å². The van der Waals surface area contributed by atoms with Gasteiger partial charge in [0, 0.05) is 29.8 Å². The van der Waals surface area contributed by atoms with Crippen molar-refractivity contribution >= 4 is 17.3 Å². The third kappa shape index (κ3) is 4.99. The zero-order valence-electron chi connectivity index (χ0n) is 13.5. The van der Waals surface area contributed by atoms with Gasteiger partial charge in [-0.1, -0.05) is 38.4 Å². The van der Waals surface area contributed by atoms with Crippen LogP contribution in [0.25, 0.3) is 0 Å². The highest BCUT2D eigenvalue weighted by Crippen LogP contribution is 2.28. The van der Waals surface area contributed by atoms with Gasteiger partial charge in [-0.25, -0.2) is 0 Å². The minimum Gasteiger partial charge on any atom is -0.372 e. The van der Waals surface area contributed by atoms with Gasteiger partial charge in [-0.2, -0.15) is 0 Å². The van der Waals surface area contributed by atoms with Gasteiger partial charge in [0.25, 0.3) is 0 Å². The number of nitrogens with zero attached hydrogens (tertiary/aromatic N) is 1. The molecule has 0 aliphatic carbocycles. The fraction of sp³-hybridized carbons (Fsp3) is 0.647. The molecule has 3 heteroatoms. The molecule has 0 heterocycles. The van der Waals surface area contributed by atoms with E-state index in [0.717, 1.165) is 31.1 Å². The number of halogens is 1. The molecule has 1 N–H and O–H groups in total. The van der Waals surface area contributed by atoms with Gasteiger partial charge < -0.3 is 10.2 Å². The Morgan fingerprint density at radius 1 is 1.20 bits per heavy atom. The summed E-state index contributed by atoms with van der Waals surface area (Å²) in [6, 6.07) is 6.76. The van der Waals surface area contributed by atoms with Crippen molar-refractivity contribution in [3.63, 3.8) is 0 Å². The Labute approximate surface area is 129 Å². The van der Waals surface area contributed by atoms with Crippen LogP contribution in [0.1, 0.15) is 52.6 Å². The molecule has 1 unspecified atom stereocenters. The lowest BCUT2D eigenvalue weighted by atomic mass is 10.1. The predicted molar refractivity (Wildman–Crippen MR) is 90.9 cm³/mol. The number of hydrogen-bond acceptors (Lipinski definition) is 2. The molecule has 20 heavy (non-hydrogen) atoms. The summed E-state index contributed by atoms with van der Waals surface area (Å²) >= 11 is 6.47. The van der Waals surface area contributed by atoms with Crippen molar-refractivity contribution in [2.24, 2.45) is 5.92 Å². The molecule has 114 valence electrons. The average molecular weight is 297 g/mol. The highest BCUT2D eigenvalue weighted by molar-refractivity contribution is 6.31. The lowest BCUT2D eigenvalue weighted by Crippen LogP contribution is -2.27. The number of anilines is 1. The molecule has 0 saturated carbocycles. The van der Waals surface area contributed by atoms with Gasteiger partial charge in [0.05, 0.1) is 0 Å². The maximum atomic E-state index is 6.47. The zero-order valence-corrected chi connectivity index (χ0v) is 14.3. The molecule has 1 rings (SSSR count). The highest BCUT2D eigenvalue weighted by Gasteiger charge is 2.12. The third-order valence-corrected chi connectivity index (χ3v) is 3.81. The van der Waals surface area contributed by atoms with Crippen molar-refractivity contribution in [3.05, 3.63) is 28.8 Å². The number of rotatable bonds is 8. The molecule has 0 saturated heterocycles. The molecule has 2 nitrogen and oxygen atoms in total. The molecule has 0 bridgehead atoms. The zero-order chi connectivity index (χ0) is 15.1. The first-order valence-electron chi connectivity index (χ1n) is 7.77. The lowest BCUT2D eigenvalue weighted by molar-refractivity contribution is 0.570. The Bertz CT molecular complexity index is 404. The Kier molecular flexibility index (Phi) is 7.39. The Hall–Kier alpha value is -0.730. The molecule has 1 atom stereocenters. The maximum Gasteiger partial charge on any atom is 0.0474 e. The summed E-state index contributed by atoms with van der Waals surface area (Å²) < 4.78 is 0. The SMILES string of the molecule is CCCNC(C)c1ccc(N(CC)CC(C)C)cc1Cl. The van der Waals surface area contributed by atoms with E-state index in [1.54, 1.807) is 0 Å². The molecule has 0 aliphatic heterocycles. The molecule has 0 aromatic heterocycles. The Morgan fingerprint density at radius 3 is 2.40 bits per heavy atom. The lowest BCUT2D eigenvalue weighted by Gasteiger charge is -2.26. The minimum absolute atomic E-state index is 0.302. The molecule has 1 aromatic carbocycles. The van der Waals surface area contributed by atoms with Crippen LogP contribution >= 0.6 is 11.6 Å². The molecule has 0 fully saturated rings. The van der Waals surface area contributed by atoms with E-state index in [1.807, 2.05) is 0 Å². The number of benzene rings is 1. The molecule has 0 amide bonds. The van der Waals surface area contributed by atoms with E-state index >= 15 is 0 Å². The van der Waals surface area contributed by atoms with Gasteiger partial charge in [-0.15, -0.1) is 0 Å². The summed E-state index contributed by atoms with van der Waals surface area (Å²) in [5, 5.41) is 4.35. The van der Waals surface area contributed by atoms with Crippen LogP contribution in [0.4, 0.5) is 5.69 Å². The first kappa shape index (κ1) is 17.3. The van der Waals surface area contributed by atoms with Gasteiger partial charge in [-0.3, -0.25) is 0 Å². The first-order chi connectivity index (χ1) is 9.49. The average Bonchev–Trinajstić information content (AvgIpc) is 2.41. The summed E-state index contributed by atoms with van der Waals surface area (Å²) in [4.78, 5) is 2.38. The normalized spacial score (nSPS) is 12.8. The van der Waals surface area contributed by atoms with Crippen LogP contribution in [0.2, 0.25) is 5.02 Å². The number of hydrogen-bond donors (Lipinski definition) is 1. The highest BCUT2D eigenvalue weighted by atomic mass is 35.5. The van der Waals surface area contributed by atoms with E-state index < -0.39 is 0 Å². The van der Waals surface area contributed by atoms with Gasteiger partial charge in [0.1, 0.15) is 0 Å². The smallest absolute Gasteiger partial charge is 0.0474 e. The fourth-order valence-corrected chi connectivity index (χ4v) is 2.73. The van der Waals surface area contributed by atoms with Crippen molar-refractivity contribution in [1.82, 2.24) is 5.32 Å². The van der Waals surface area contributed by atoms with Crippen LogP contribution in [0.5, 0.6) is 0 Å². The molecule has 0 radical (unpaired) electrons. The topological polar surface area (TPSA) is 15.3 Å². The molecular weight excluding hydrogens is 268 g/mol. The summed E-state index contributed by atoms with van der Waals surface area (Å²) in [5.41, 5.74) is 2.40. The summed E-state index contributed by atoms with van der Waals surface area (Å²) in [6.07, 6.45) is 1.14. The van der Waals surface area contributed by atoms with Crippen LogP contribution in [0.3, 0.4) is 0 Å². The van der Waals surface area contributed by atoms with Crippen molar-refractivity contribution in [2.75, 3.05) is 24.5 Å². The summed E-state index contributed by atoms with van der Waals surface area (Å²) in [7, 11) is 0. The third-order valence-electron chi connectivity index (χ3n) is 3.48. The second-order valence-electron chi connectivity index (χ2n) is 5.81. The van der Waals surface area contributed by atoms with Crippen LogP contribution in [-0.2, 0) is 0 Å². The Balaban J connectivity index is 2.85. The minimum atomic E-state index is 0.302. The van der Waals surface area contributed by atoms with Crippen molar-refractivity contribution in [1.29, 1.82) is 0 Å². The van der Waals surface area contributed by atoms with E-state index in [4.69, 9.17) is 11.6 Å². The largest absolute Gasteiger partial charge is 0.372 e. The van der Waals surface area contributed by atoms with E-state index in [2.05, 4.69) is 63.0 Å². The van der Waals surface area contributed by atoms with E-state index in [9.17, 15) is 0 Å². The number of nitrogens with one attached hydrogen (secondary N) is 1. The van der Waals surface area contributed by atoms with Crippen LogP contribution in [-0.4, -0.2) is 19.6 Å². The molecule has 0 spiro atoms. The monoisotopic (exact) mass is 296 g/mol. The predicted octanol–water partition coefficient (Wildman–Crippen LogP) is 4.88. The van der Waals surface area contributed by atoms with E-state index in [1.165, 1.54) is 11.3 Å². The molecule has 0 aliphatic rings. The van der Waals surface area contributed by atoms with Gasteiger partial charge in [0.2, 0.25) is 0 Å². The van der Waals surface area contributed by atoms with Crippen LogP contribution in [0, 0.1) is 5.92 Å². The second-order valence-corrected chi connectivity index (χ2v) is 6.22. The fourth-order valence-electron chi connectivity index (χ4n) is 2.39. The molecular formula is C17H29ClN2. The second kappa shape index (κ2) is 8.53. The van der Waals surface area contributed by atoms with E-state index in [-0.39, 0.29) is 0 Å². The maximum absolute atomic E-state index is 6.47. The van der Waals surface area contributed by atoms with Gasteiger partial charge in [-0.05, 0) is 50.4 Å². The quantitative estimate of drug-likeness (QED) is 0.735. The first-order valence-corrected chi connectivity index (χ1v) is 8.15. The Morgan fingerprint density at radius 2 is 1.90 bits per heavy atom. The van der Waals surface area contributed by atoms with Crippen molar-refractivity contribution in [3.8, 4) is 0 Å². The van der Waals surface area contributed by atoms with Gasteiger partial charge in [0.15, 0.2) is 0 Å².